The molecular weight excluding hydrogens is 425 g/mol. The Morgan fingerprint density at radius 1 is 1.13 bits per heavy atom. The standard InChI is InChI=1S/C18H15F3N4O4S/c19-18(20,21)11-3-1-4-12(9-11)28-10-14(26)22-6-7-23-16(27)17-24-15(25-29-17)13-5-2-8-30-13/h1-5,8-9H,6-7,10H2,(H,22,26)(H,23,27). The monoisotopic (exact) mass is 440 g/mol. The van der Waals surface area contributed by atoms with Gasteiger partial charge in [-0.3, -0.25) is 9.59 Å². The molecule has 0 spiro atoms. The average Bonchev–Trinajstić information content (AvgIpc) is 3.41. The van der Waals surface area contributed by atoms with Crippen LogP contribution in [0.3, 0.4) is 0 Å². The van der Waals surface area contributed by atoms with Crippen molar-refractivity contribution in [3.63, 3.8) is 0 Å². The molecule has 0 saturated carbocycles. The molecular formula is C18H15F3N4O4S. The van der Waals surface area contributed by atoms with Crippen LogP contribution in [0.2, 0.25) is 0 Å². The van der Waals surface area contributed by atoms with Gasteiger partial charge in [0.15, 0.2) is 6.61 Å². The lowest BCUT2D eigenvalue weighted by Crippen LogP contribution is -2.36. The number of rotatable bonds is 8. The minimum atomic E-state index is -4.50. The van der Waals surface area contributed by atoms with Crippen LogP contribution in [0.15, 0.2) is 46.3 Å². The molecule has 2 N–H and O–H groups in total. The molecule has 1 aromatic carbocycles. The minimum Gasteiger partial charge on any atom is -0.484 e. The average molecular weight is 440 g/mol. The van der Waals surface area contributed by atoms with Gasteiger partial charge in [0.25, 0.3) is 5.91 Å². The maximum absolute atomic E-state index is 12.6. The summed E-state index contributed by atoms with van der Waals surface area (Å²) >= 11 is 1.40. The zero-order chi connectivity index (χ0) is 21.6. The third-order valence-electron chi connectivity index (χ3n) is 3.63. The third-order valence-corrected chi connectivity index (χ3v) is 4.49. The van der Waals surface area contributed by atoms with Crippen molar-refractivity contribution in [3.8, 4) is 16.5 Å². The molecule has 2 heterocycles. The number of carbonyl (C=O) groups excluding carboxylic acids is 2. The summed E-state index contributed by atoms with van der Waals surface area (Å²) in [5.74, 6) is -1.14. The highest BCUT2D eigenvalue weighted by Gasteiger charge is 2.30. The number of benzene rings is 1. The fraction of sp³-hybridized carbons (Fsp3) is 0.222. The summed E-state index contributed by atoms with van der Waals surface area (Å²) in [7, 11) is 0. The molecule has 8 nitrogen and oxygen atoms in total. The highest BCUT2D eigenvalue weighted by Crippen LogP contribution is 2.31. The number of alkyl halides is 3. The Hall–Kier alpha value is -3.41. The second-order valence-electron chi connectivity index (χ2n) is 5.82. The van der Waals surface area contributed by atoms with Gasteiger partial charge in [0, 0.05) is 13.1 Å². The van der Waals surface area contributed by atoms with Crippen LogP contribution in [0.25, 0.3) is 10.7 Å². The summed E-state index contributed by atoms with van der Waals surface area (Å²) in [4.78, 5) is 28.4. The van der Waals surface area contributed by atoms with E-state index in [0.717, 1.165) is 17.0 Å². The van der Waals surface area contributed by atoms with Crippen LogP contribution in [0, 0.1) is 0 Å². The summed E-state index contributed by atoms with van der Waals surface area (Å²) in [6.07, 6.45) is -4.50. The number of thiophene rings is 1. The zero-order valence-electron chi connectivity index (χ0n) is 15.2. The minimum absolute atomic E-state index is 0.0719. The van der Waals surface area contributed by atoms with E-state index in [2.05, 4.69) is 20.8 Å². The van der Waals surface area contributed by atoms with Crippen LogP contribution in [-0.4, -0.2) is 41.7 Å². The summed E-state index contributed by atoms with van der Waals surface area (Å²) in [6, 6.07) is 7.82. The van der Waals surface area contributed by atoms with E-state index in [0.29, 0.717) is 5.82 Å². The van der Waals surface area contributed by atoms with Crippen molar-refractivity contribution in [2.45, 2.75) is 6.18 Å². The molecule has 0 aliphatic carbocycles. The maximum Gasteiger partial charge on any atom is 0.416 e. The molecule has 158 valence electrons. The molecule has 0 saturated heterocycles. The Labute approximate surface area is 172 Å². The van der Waals surface area contributed by atoms with Crippen molar-refractivity contribution >= 4 is 23.2 Å². The molecule has 0 fully saturated rings. The van der Waals surface area contributed by atoms with Crippen molar-refractivity contribution in [1.29, 1.82) is 0 Å². The normalized spacial score (nSPS) is 11.2. The van der Waals surface area contributed by atoms with Crippen molar-refractivity contribution in [2.24, 2.45) is 0 Å². The molecule has 2 aromatic heterocycles. The number of hydrogen-bond acceptors (Lipinski definition) is 7. The van der Waals surface area contributed by atoms with Gasteiger partial charge in [-0.15, -0.1) is 11.3 Å². The van der Waals surface area contributed by atoms with Gasteiger partial charge in [0.1, 0.15) is 5.75 Å². The molecule has 0 atom stereocenters. The van der Waals surface area contributed by atoms with Gasteiger partial charge in [-0.25, -0.2) is 0 Å². The molecule has 2 amide bonds. The fourth-order valence-electron chi connectivity index (χ4n) is 2.24. The molecule has 30 heavy (non-hydrogen) atoms. The van der Waals surface area contributed by atoms with E-state index in [1.807, 2.05) is 11.4 Å². The van der Waals surface area contributed by atoms with E-state index in [9.17, 15) is 22.8 Å². The smallest absolute Gasteiger partial charge is 0.416 e. The van der Waals surface area contributed by atoms with Gasteiger partial charge in [0.05, 0.1) is 10.4 Å². The largest absolute Gasteiger partial charge is 0.484 e. The number of hydrogen-bond donors (Lipinski definition) is 2. The van der Waals surface area contributed by atoms with Crippen LogP contribution >= 0.6 is 11.3 Å². The number of halogens is 3. The lowest BCUT2D eigenvalue weighted by atomic mass is 10.2. The second-order valence-corrected chi connectivity index (χ2v) is 6.77. The molecule has 12 heteroatoms. The van der Waals surface area contributed by atoms with E-state index in [1.165, 1.54) is 23.5 Å². The quantitative estimate of drug-likeness (QED) is 0.522. The first-order valence-electron chi connectivity index (χ1n) is 8.55. The van der Waals surface area contributed by atoms with Gasteiger partial charge in [0.2, 0.25) is 5.82 Å². The molecule has 0 aliphatic heterocycles. The first kappa shape index (κ1) is 21.3. The first-order valence-corrected chi connectivity index (χ1v) is 9.43. The highest BCUT2D eigenvalue weighted by molar-refractivity contribution is 7.13. The Morgan fingerprint density at radius 3 is 2.67 bits per heavy atom. The molecule has 3 rings (SSSR count). The van der Waals surface area contributed by atoms with Crippen LogP contribution in [0.4, 0.5) is 13.2 Å². The lowest BCUT2D eigenvalue weighted by Gasteiger charge is -2.10. The summed E-state index contributed by atoms with van der Waals surface area (Å²) in [6.45, 7) is -0.323. The van der Waals surface area contributed by atoms with Gasteiger partial charge in [-0.1, -0.05) is 17.3 Å². The Morgan fingerprint density at radius 2 is 1.93 bits per heavy atom. The van der Waals surface area contributed by atoms with Gasteiger partial charge < -0.3 is 19.9 Å². The van der Waals surface area contributed by atoms with Crippen molar-refractivity contribution in [3.05, 3.63) is 53.2 Å². The van der Waals surface area contributed by atoms with Crippen LogP contribution in [-0.2, 0) is 11.0 Å². The van der Waals surface area contributed by atoms with Gasteiger partial charge in [-0.05, 0) is 29.6 Å². The Balaban J connectivity index is 1.37. The third kappa shape index (κ3) is 5.80. The summed E-state index contributed by atoms with van der Waals surface area (Å²) in [5, 5.41) is 10.5. The van der Waals surface area contributed by atoms with Gasteiger partial charge in [-0.2, -0.15) is 18.2 Å². The second kappa shape index (κ2) is 9.39. The van der Waals surface area contributed by atoms with E-state index >= 15 is 0 Å². The predicted molar refractivity (Wildman–Crippen MR) is 99.9 cm³/mol. The Kier molecular flexibility index (Phi) is 6.67. The first-order chi connectivity index (χ1) is 14.3. The number of amides is 2. The topological polar surface area (TPSA) is 106 Å². The highest BCUT2D eigenvalue weighted by atomic mass is 32.1. The number of nitrogens with one attached hydrogen (secondary N) is 2. The summed E-state index contributed by atoms with van der Waals surface area (Å²) in [5.41, 5.74) is -0.869. The van der Waals surface area contributed by atoms with E-state index in [4.69, 9.17) is 9.26 Å². The molecule has 3 aromatic rings. The zero-order valence-corrected chi connectivity index (χ0v) is 16.0. The predicted octanol–water partition coefficient (Wildman–Crippen LogP) is 2.74. The van der Waals surface area contributed by atoms with E-state index in [1.54, 1.807) is 6.07 Å². The number of nitrogens with zero attached hydrogens (tertiary/aromatic N) is 2. The van der Waals surface area contributed by atoms with Crippen molar-refractivity contribution < 1.29 is 32.0 Å². The Bertz CT molecular complexity index is 1010. The maximum atomic E-state index is 12.6. The van der Waals surface area contributed by atoms with Gasteiger partial charge >= 0.3 is 18.0 Å². The van der Waals surface area contributed by atoms with Crippen LogP contribution in [0.1, 0.15) is 16.2 Å². The van der Waals surface area contributed by atoms with Crippen LogP contribution < -0.4 is 15.4 Å². The molecule has 0 aliphatic rings. The lowest BCUT2D eigenvalue weighted by molar-refractivity contribution is -0.137. The summed E-state index contributed by atoms with van der Waals surface area (Å²) < 4.78 is 47.9. The molecule has 0 radical (unpaired) electrons. The molecule has 0 unspecified atom stereocenters. The fourth-order valence-corrected chi connectivity index (χ4v) is 2.89. The SMILES string of the molecule is O=C(COc1cccc(C(F)(F)F)c1)NCCNC(=O)c1nc(-c2cccs2)no1. The number of ether oxygens (including phenoxy) is 1. The van der Waals surface area contributed by atoms with Crippen molar-refractivity contribution in [2.75, 3.05) is 19.7 Å². The number of aromatic nitrogens is 2. The van der Waals surface area contributed by atoms with E-state index in [-0.39, 0.29) is 24.7 Å². The molecule has 0 bridgehead atoms. The van der Waals surface area contributed by atoms with Crippen molar-refractivity contribution in [1.82, 2.24) is 20.8 Å². The van der Waals surface area contributed by atoms with E-state index < -0.39 is 30.2 Å². The number of carbonyl (C=O) groups is 2. The van der Waals surface area contributed by atoms with Crippen LogP contribution in [0.5, 0.6) is 5.75 Å².